The third-order valence-corrected chi connectivity index (χ3v) is 11.3. The lowest BCUT2D eigenvalue weighted by Crippen LogP contribution is -2.30. The van der Waals surface area contributed by atoms with Gasteiger partial charge in [-0.25, -0.2) is 0 Å². The molecule has 0 aliphatic heterocycles. The lowest BCUT2D eigenvalue weighted by atomic mass is 10.00. The van der Waals surface area contributed by atoms with E-state index in [1.54, 1.807) is 0 Å². The van der Waals surface area contributed by atoms with E-state index in [2.05, 4.69) is 34.6 Å². The lowest BCUT2D eigenvalue weighted by Gasteiger charge is -2.18. The molecule has 0 aromatic rings. The average molecular weight is 779 g/mol. The maximum absolute atomic E-state index is 12.7. The molecule has 0 spiro atoms. The Morgan fingerprint density at radius 2 is 0.691 bits per heavy atom. The first-order valence-corrected chi connectivity index (χ1v) is 24.3. The van der Waals surface area contributed by atoms with E-state index in [0.717, 1.165) is 69.6 Å². The first kappa shape index (κ1) is 53.4. The molecule has 0 fully saturated rings. The Balaban J connectivity index is 4.31. The summed E-state index contributed by atoms with van der Waals surface area (Å²) in [6.45, 7) is 11.3. The summed E-state index contributed by atoms with van der Waals surface area (Å²) < 4.78 is 16.7. The van der Waals surface area contributed by atoms with Gasteiger partial charge in [-0.3, -0.25) is 14.4 Å². The zero-order valence-electron chi connectivity index (χ0n) is 37.6. The number of unbranched alkanes of at least 4 members (excludes halogenated alkanes) is 27. The van der Waals surface area contributed by atoms with Gasteiger partial charge in [0, 0.05) is 19.3 Å². The summed E-state index contributed by atoms with van der Waals surface area (Å²) >= 11 is 0. The van der Waals surface area contributed by atoms with Crippen LogP contribution in [-0.2, 0) is 28.6 Å². The number of carbonyl (C=O) groups is 3. The molecule has 0 rings (SSSR count). The molecule has 2 atom stereocenters. The molecule has 0 amide bonds. The van der Waals surface area contributed by atoms with E-state index in [1.807, 2.05) is 0 Å². The van der Waals surface area contributed by atoms with E-state index < -0.39 is 6.10 Å². The molecule has 0 saturated heterocycles. The SMILES string of the molecule is CCCCCCCCCCCCCCCCCC(=O)OC[C@H](COC(=O)CCCCCCCCC(C)CC)OC(=O)CCCCCCCCCCCC(C)C. The van der Waals surface area contributed by atoms with E-state index in [9.17, 15) is 14.4 Å². The molecule has 0 saturated carbocycles. The summed E-state index contributed by atoms with van der Waals surface area (Å²) in [7, 11) is 0. The molecule has 0 aliphatic carbocycles. The van der Waals surface area contributed by atoms with Crippen molar-refractivity contribution in [3.8, 4) is 0 Å². The molecule has 0 aromatic heterocycles. The van der Waals surface area contributed by atoms with Crippen LogP contribution in [-0.4, -0.2) is 37.2 Å². The Hall–Kier alpha value is -1.59. The molecule has 326 valence electrons. The molecule has 0 N–H and O–H groups in total. The summed E-state index contributed by atoms with van der Waals surface area (Å²) in [5.41, 5.74) is 0. The van der Waals surface area contributed by atoms with Gasteiger partial charge in [-0.05, 0) is 31.1 Å². The van der Waals surface area contributed by atoms with Crippen molar-refractivity contribution in [3.63, 3.8) is 0 Å². The third-order valence-electron chi connectivity index (χ3n) is 11.3. The highest BCUT2D eigenvalue weighted by Gasteiger charge is 2.19. The van der Waals surface area contributed by atoms with Crippen molar-refractivity contribution >= 4 is 17.9 Å². The smallest absolute Gasteiger partial charge is 0.306 e. The van der Waals surface area contributed by atoms with Gasteiger partial charge in [0.1, 0.15) is 13.2 Å². The summed E-state index contributed by atoms with van der Waals surface area (Å²) in [4.78, 5) is 37.8. The largest absolute Gasteiger partial charge is 0.462 e. The fourth-order valence-electron chi connectivity index (χ4n) is 7.25. The van der Waals surface area contributed by atoms with Gasteiger partial charge in [0.15, 0.2) is 6.10 Å². The molecule has 0 aliphatic rings. The zero-order valence-corrected chi connectivity index (χ0v) is 37.6. The van der Waals surface area contributed by atoms with Crippen molar-refractivity contribution in [2.75, 3.05) is 13.2 Å². The van der Waals surface area contributed by atoms with Crippen LogP contribution >= 0.6 is 0 Å². The molecule has 1 unspecified atom stereocenters. The quantitative estimate of drug-likeness (QED) is 0.0348. The molecule has 6 nitrogen and oxygen atoms in total. The molecule has 0 heterocycles. The summed E-state index contributed by atoms with van der Waals surface area (Å²) in [5.74, 6) is 0.763. The van der Waals surface area contributed by atoms with E-state index in [1.165, 1.54) is 154 Å². The van der Waals surface area contributed by atoms with Crippen LogP contribution in [0.5, 0.6) is 0 Å². The lowest BCUT2D eigenvalue weighted by molar-refractivity contribution is -0.167. The van der Waals surface area contributed by atoms with Crippen molar-refractivity contribution in [2.24, 2.45) is 11.8 Å². The normalized spacial score (nSPS) is 12.5. The minimum atomic E-state index is -0.761. The first-order valence-electron chi connectivity index (χ1n) is 24.3. The number of rotatable bonds is 43. The standard InChI is InChI=1S/C49H94O6/c1-6-8-9-10-11-12-13-14-15-16-17-20-23-29-34-39-47(50)53-42-46(43-54-48(51)40-35-30-26-25-28-33-38-45(5)7-2)55-49(52)41-36-31-24-21-18-19-22-27-32-37-44(3)4/h44-46H,6-43H2,1-5H3/t45?,46-/m1/s1. The van der Waals surface area contributed by atoms with E-state index >= 15 is 0 Å². The summed E-state index contributed by atoms with van der Waals surface area (Å²) in [5, 5.41) is 0. The van der Waals surface area contributed by atoms with Crippen molar-refractivity contribution in [3.05, 3.63) is 0 Å². The van der Waals surface area contributed by atoms with Crippen LogP contribution in [0, 0.1) is 11.8 Å². The molecule has 0 aromatic carbocycles. The first-order chi connectivity index (χ1) is 26.8. The Labute approximate surface area is 342 Å². The van der Waals surface area contributed by atoms with Crippen LogP contribution in [0.15, 0.2) is 0 Å². The minimum absolute atomic E-state index is 0.0651. The van der Waals surface area contributed by atoms with Gasteiger partial charge in [-0.15, -0.1) is 0 Å². The van der Waals surface area contributed by atoms with Gasteiger partial charge in [0.05, 0.1) is 0 Å². The molecular weight excluding hydrogens is 685 g/mol. The Morgan fingerprint density at radius 1 is 0.382 bits per heavy atom. The predicted octanol–water partition coefficient (Wildman–Crippen LogP) is 15.4. The molecular formula is C49H94O6. The second kappa shape index (κ2) is 42.0. The predicted molar refractivity (Wildman–Crippen MR) is 233 cm³/mol. The van der Waals surface area contributed by atoms with Crippen LogP contribution in [0.2, 0.25) is 0 Å². The van der Waals surface area contributed by atoms with Crippen molar-refractivity contribution in [1.29, 1.82) is 0 Å². The molecule has 0 radical (unpaired) electrons. The highest BCUT2D eigenvalue weighted by molar-refractivity contribution is 5.71. The highest BCUT2D eigenvalue weighted by Crippen LogP contribution is 2.17. The third kappa shape index (κ3) is 41.9. The van der Waals surface area contributed by atoms with Gasteiger partial charge >= 0.3 is 17.9 Å². The van der Waals surface area contributed by atoms with Gasteiger partial charge in [-0.1, -0.05) is 227 Å². The molecule has 55 heavy (non-hydrogen) atoms. The van der Waals surface area contributed by atoms with Crippen LogP contribution < -0.4 is 0 Å². The van der Waals surface area contributed by atoms with Gasteiger partial charge < -0.3 is 14.2 Å². The van der Waals surface area contributed by atoms with E-state index in [-0.39, 0.29) is 31.1 Å². The topological polar surface area (TPSA) is 78.9 Å². The number of hydrogen-bond donors (Lipinski definition) is 0. The number of hydrogen-bond acceptors (Lipinski definition) is 6. The summed E-state index contributed by atoms with van der Waals surface area (Å²) in [6, 6.07) is 0. The van der Waals surface area contributed by atoms with E-state index in [4.69, 9.17) is 14.2 Å². The zero-order chi connectivity index (χ0) is 40.5. The van der Waals surface area contributed by atoms with Gasteiger partial charge in [0.25, 0.3) is 0 Å². The monoisotopic (exact) mass is 779 g/mol. The molecule has 6 heteroatoms. The fourth-order valence-corrected chi connectivity index (χ4v) is 7.25. The van der Waals surface area contributed by atoms with Crippen LogP contribution in [0.4, 0.5) is 0 Å². The van der Waals surface area contributed by atoms with E-state index in [0.29, 0.717) is 19.3 Å². The number of carbonyl (C=O) groups excluding carboxylic acids is 3. The fraction of sp³-hybridized carbons (Fsp3) is 0.939. The van der Waals surface area contributed by atoms with Gasteiger partial charge in [0.2, 0.25) is 0 Å². The maximum Gasteiger partial charge on any atom is 0.306 e. The summed E-state index contributed by atoms with van der Waals surface area (Å²) in [6.07, 6.45) is 40.9. The molecule has 0 bridgehead atoms. The van der Waals surface area contributed by atoms with Crippen molar-refractivity contribution < 1.29 is 28.6 Å². The average Bonchev–Trinajstić information content (AvgIpc) is 3.17. The highest BCUT2D eigenvalue weighted by atomic mass is 16.6. The Bertz CT molecular complexity index is 841. The second-order valence-corrected chi connectivity index (χ2v) is 17.5. The van der Waals surface area contributed by atoms with Crippen LogP contribution in [0.25, 0.3) is 0 Å². The van der Waals surface area contributed by atoms with Gasteiger partial charge in [-0.2, -0.15) is 0 Å². The van der Waals surface area contributed by atoms with Crippen LogP contribution in [0.3, 0.4) is 0 Å². The minimum Gasteiger partial charge on any atom is -0.462 e. The van der Waals surface area contributed by atoms with Crippen molar-refractivity contribution in [2.45, 2.75) is 272 Å². The Morgan fingerprint density at radius 3 is 1.04 bits per heavy atom. The number of ether oxygens (including phenoxy) is 3. The van der Waals surface area contributed by atoms with Crippen molar-refractivity contribution in [1.82, 2.24) is 0 Å². The Kier molecular flexibility index (Phi) is 40.8. The number of esters is 3. The second-order valence-electron chi connectivity index (χ2n) is 17.5. The maximum atomic E-state index is 12.7. The van der Waals surface area contributed by atoms with Crippen LogP contribution in [0.1, 0.15) is 266 Å².